The van der Waals surface area contributed by atoms with Crippen LogP contribution >= 0.6 is 0 Å². The Morgan fingerprint density at radius 3 is 2.35 bits per heavy atom. The fraction of sp³-hybridized carbons (Fsp3) is 0.353. The quantitative estimate of drug-likeness (QED) is 0.805. The lowest BCUT2D eigenvalue weighted by Crippen LogP contribution is -2.23. The minimum absolute atomic E-state index is 0.335. The maximum Gasteiger partial charge on any atom is 0.328 e. The van der Waals surface area contributed by atoms with Gasteiger partial charge in [0, 0.05) is 43.1 Å². The van der Waals surface area contributed by atoms with Crippen LogP contribution in [0.2, 0.25) is 0 Å². The van der Waals surface area contributed by atoms with E-state index >= 15 is 0 Å². The first-order valence-electron chi connectivity index (χ1n) is 7.33. The van der Waals surface area contributed by atoms with E-state index in [1.165, 1.54) is 5.56 Å². The number of carboxylic acid groups (broad SMARTS) is 2. The zero-order valence-electron chi connectivity index (χ0n) is 12.8. The maximum atomic E-state index is 11.9. The zero-order chi connectivity index (χ0) is 17.0. The number of carbonyl (C=O) groups excluding carboxylic acids is 1. The second-order valence-corrected chi connectivity index (χ2v) is 5.81. The summed E-state index contributed by atoms with van der Waals surface area (Å²) in [5, 5.41) is 15.6. The molecule has 0 spiro atoms. The van der Waals surface area contributed by atoms with Gasteiger partial charge in [-0.1, -0.05) is 24.3 Å². The maximum absolute atomic E-state index is 11.9. The van der Waals surface area contributed by atoms with E-state index in [9.17, 15) is 14.4 Å². The first kappa shape index (κ1) is 16.9. The van der Waals surface area contributed by atoms with Gasteiger partial charge in [0.1, 0.15) is 0 Å². The summed E-state index contributed by atoms with van der Waals surface area (Å²) >= 11 is 0. The number of nitrogens with zero attached hydrogens (tertiary/aromatic N) is 1. The van der Waals surface area contributed by atoms with Crippen molar-refractivity contribution in [1.29, 1.82) is 0 Å². The fourth-order valence-electron chi connectivity index (χ4n) is 3.21. The van der Waals surface area contributed by atoms with Gasteiger partial charge in [0.25, 0.3) is 0 Å². The highest BCUT2D eigenvalue weighted by Crippen LogP contribution is 2.40. The second kappa shape index (κ2) is 7.19. The SMILES string of the molecule is CN1C[C@H]2CC(=O)c3ccccc3[C@H]2C1.O=C(O)/C=C/C(=O)O. The molecule has 6 heteroatoms. The van der Waals surface area contributed by atoms with Gasteiger partial charge in [-0.15, -0.1) is 0 Å². The number of likely N-dealkylation sites (N-methyl/N-ethyl adjacent to an activating group) is 1. The summed E-state index contributed by atoms with van der Waals surface area (Å²) in [5.74, 6) is -1.04. The Kier molecular flexibility index (Phi) is 5.28. The molecule has 0 unspecified atom stereocenters. The third-order valence-corrected chi connectivity index (χ3v) is 4.10. The van der Waals surface area contributed by atoms with Crippen LogP contribution in [0.25, 0.3) is 0 Å². The lowest BCUT2D eigenvalue weighted by atomic mass is 9.76. The van der Waals surface area contributed by atoms with E-state index in [1.54, 1.807) is 0 Å². The molecule has 6 nitrogen and oxygen atoms in total. The molecule has 1 aliphatic carbocycles. The van der Waals surface area contributed by atoms with Crippen molar-refractivity contribution < 1.29 is 24.6 Å². The van der Waals surface area contributed by atoms with Crippen LogP contribution in [0, 0.1) is 5.92 Å². The van der Waals surface area contributed by atoms with Gasteiger partial charge in [-0.2, -0.15) is 0 Å². The van der Waals surface area contributed by atoms with Gasteiger partial charge in [-0.05, 0) is 18.5 Å². The number of carboxylic acids is 2. The van der Waals surface area contributed by atoms with Crippen LogP contribution in [0.3, 0.4) is 0 Å². The molecule has 1 aliphatic heterocycles. The lowest BCUT2D eigenvalue weighted by Gasteiger charge is -2.26. The molecule has 0 radical (unpaired) electrons. The molecule has 23 heavy (non-hydrogen) atoms. The summed E-state index contributed by atoms with van der Waals surface area (Å²) in [6.45, 7) is 2.18. The van der Waals surface area contributed by atoms with Gasteiger partial charge in [0.2, 0.25) is 0 Å². The van der Waals surface area contributed by atoms with Crippen molar-refractivity contribution in [3.63, 3.8) is 0 Å². The summed E-state index contributed by atoms with van der Waals surface area (Å²) in [7, 11) is 2.14. The molecule has 1 aromatic carbocycles. The number of carbonyl (C=O) groups is 3. The van der Waals surface area contributed by atoms with Crippen LogP contribution in [0.15, 0.2) is 36.4 Å². The van der Waals surface area contributed by atoms with Crippen molar-refractivity contribution in [3.05, 3.63) is 47.5 Å². The van der Waals surface area contributed by atoms with Crippen molar-refractivity contribution in [2.45, 2.75) is 12.3 Å². The Hall–Kier alpha value is -2.47. The summed E-state index contributed by atoms with van der Waals surface area (Å²) in [5.41, 5.74) is 2.25. The van der Waals surface area contributed by atoms with E-state index in [0.29, 0.717) is 29.8 Å². The molecular weight excluding hydrogens is 298 g/mol. The van der Waals surface area contributed by atoms with Gasteiger partial charge in [-0.3, -0.25) is 4.79 Å². The second-order valence-electron chi connectivity index (χ2n) is 5.81. The average Bonchev–Trinajstić information content (AvgIpc) is 2.87. The fourth-order valence-corrected chi connectivity index (χ4v) is 3.21. The molecule has 2 aliphatic rings. The van der Waals surface area contributed by atoms with Crippen molar-refractivity contribution in [3.8, 4) is 0 Å². The van der Waals surface area contributed by atoms with Crippen LogP contribution < -0.4 is 0 Å². The standard InChI is InChI=1S/C13H15NO.C4H4O4/c1-14-7-9-6-13(15)11-5-3-2-4-10(11)12(9)8-14;5-3(6)1-2-4(7)8/h2-5,9,12H,6-8H2,1H3;1-2H,(H,5,6)(H,7,8)/b;2-1+/t9-,12+;/m1./s1. The first-order valence-corrected chi connectivity index (χ1v) is 7.33. The van der Waals surface area contributed by atoms with Gasteiger partial charge >= 0.3 is 11.9 Å². The number of benzene rings is 1. The van der Waals surface area contributed by atoms with Crippen LogP contribution in [0.4, 0.5) is 0 Å². The molecule has 2 N–H and O–H groups in total. The zero-order valence-corrected chi connectivity index (χ0v) is 12.8. The molecular formula is C17H19NO5. The van der Waals surface area contributed by atoms with E-state index in [2.05, 4.69) is 18.0 Å². The summed E-state index contributed by atoms with van der Waals surface area (Å²) < 4.78 is 0. The van der Waals surface area contributed by atoms with Crippen LogP contribution in [0.1, 0.15) is 28.3 Å². The molecule has 1 aromatic rings. The largest absolute Gasteiger partial charge is 0.478 e. The number of Topliss-reactive ketones (excluding diaryl/α,β-unsaturated/α-hetero) is 1. The monoisotopic (exact) mass is 317 g/mol. The smallest absolute Gasteiger partial charge is 0.328 e. The lowest BCUT2D eigenvalue weighted by molar-refractivity contribution is -0.134. The number of aliphatic carboxylic acids is 2. The Morgan fingerprint density at radius 1 is 1.13 bits per heavy atom. The van der Waals surface area contributed by atoms with Crippen molar-refractivity contribution in [1.82, 2.24) is 4.90 Å². The van der Waals surface area contributed by atoms with E-state index in [0.717, 1.165) is 25.1 Å². The molecule has 0 amide bonds. The third kappa shape index (κ3) is 4.26. The Morgan fingerprint density at radius 2 is 1.74 bits per heavy atom. The van der Waals surface area contributed by atoms with E-state index in [-0.39, 0.29) is 0 Å². The minimum Gasteiger partial charge on any atom is -0.478 e. The highest BCUT2D eigenvalue weighted by molar-refractivity contribution is 5.99. The molecule has 0 saturated carbocycles. The van der Waals surface area contributed by atoms with Gasteiger partial charge < -0.3 is 15.1 Å². The minimum atomic E-state index is -1.26. The number of hydrogen-bond donors (Lipinski definition) is 2. The molecule has 1 fully saturated rings. The number of fused-ring (bicyclic) bond motifs is 3. The normalized spacial score (nSPS) is 22.9. The van der Waals surface area contributed by atoms with Crippen LogP contribution in [-0.4, -0.2) is 53.0 Å². The van der Waals surface area contributed by atoms with Crippen molar-refractivity contribution >= 4 is 17.7 Å². The van der Waals surface area contributed by atoms with E-state index in [4.69, 9.17) is 10.2 Å². The summed E-state index contributed by atoms with van der Waals surface area (Å²) in [6.07, 6.45) is 1.86. The predicted octanol–water partition coefficient (Wildman–Crippen LogP) is 1.63. The average molecular weight is 317 g/mol. The van der Waals surface area contributed by atoms with Crippen molar-refractivity contribution in [2.24, 2.45) is 5.92 Å². The molecule has 1 saturated heterocycles. The molecule has 1 heterocycles. The summed E-state index contributed by atoms with van der Waals surface area (Å²) in [6, 6.07) is 8.12. The summed E-state index contributed by atoms with van der Waals surface area (Å²) in [4.78, 5) is 33.4. The highest BCUT2D eigenvalue weighted by Gasteiger charge is 2.38. The van der Waals surface area contributed by atoms with Crippen LogP contribution in [0.5, 0.6) is 0 Å². The van der Waals surface area contributed by atoms with E-state index in [1.807, 2.05) is 18.2 Å². The van der Waals surface area contributed by atoms with Crippen molar-refractivity contribution in [2.75, 3.05) is 20.1 Å². The van der Waals surface area contributed by atoms with Gasteiger partial charge in [0.15, 0.2) is 5.78 Å². The predicted molar refractivity (Wildman–Crippen MR) is 83.5 cm³/mol. The number of rotatable bonds is 2. The molecule has 2 atom stereocenters. The van der Waals surface area contributed by atoms with Gasteiger partial charge in [0.05, 0.1) is 0 Å². The number of hydrogen-bond acceptors (Lipinski definition) is 4. The van der Waals surface area contributed by atoms with Crippen LogP contribution in [-0.2, 0) is 9.59 Å². The topological polar surface area (TPSA) is 94.9 Å². The third-order valence-electron chi connectivity index (χ3n) is 4.10. The Balaban J connectivity index is 0.000000207. The molecule has 3 rings (SSSR count). The first-order chi connectivity index (χ1) is 10.9. The number of ketones is 1. The number of likely N-dealkylation sites (tertiary alicyclic amines) is 1. The van der Waals surface area contributed by atoms with Gasteiger partial charge in [-0.25, -0.2) is 9.59 Å². The van der Waals surface area contributed by atoms with E-state index < -0.39 is 11.9 Å². The molecule has 0 bridgehead atoms. The highest BCUT2D eigenvalue weighted by atomic mass is 16.4. The molecule has 0 aromatic heterocycles. The Labute approximate surface area is 134 Å². The molecule has 122 valence electrons. The Bertz CT molecular complexity index is 636.